The third kappa shape index (κ3) is 4.61. The Kier molecular flexibility index (Phi) is 6.28. The lowest BCUT2D eigenvalue weighted by Crippen LogP contribution is -2.49. The van der Waals surface area contributed by atoms with E-state index in [0.29, 0.717) is 18.6 Å². The molecule has 1 aliphatic heterocycles. The van der Waals surface area contributed by atoms with E-state index in [-0.39, 0.29) is 5.91 Å². The quantitative estimate of drug-likeness (QED) is 0.875. The lowest BCUT2D eigenvalue weighted by atomic mass is 9.93. The molecule has 2 atom stereocenters. The molecule has 0 unspecified atom stereocenters. The lowest BCUT2D eigenvalue weighted by molar-refractivity contribution is -0.130. The third-order valence-electron chi connectivity index (χ3n) is 4.45. The molecule has 1 saturated heterocycles. The minimum absolute atomic E-state index is 0.173. The second-order valence-electron chi connectivity index (χ2n) is 6.14. The highest BCUT2D eigenvalue weighted by atomic mass is 16.5. The van der Waals surface area contributed by atoms with Crippen LogP contribution in [0.4, 0.5) is 0 Å². The molecule has 5 nitrogen and oxygen atoms in total. The second-order valence-corrected chi connectivity index (χ2v) is 6.14. The molecule has 0 radical (unpaired) electrons. The first kappa shape index (κ1) is 17.6. The third-order valence-corrected chi connectivity index (χ3v) is 4.45. The average molecular weight is 320 g/mol. The summed E-state index contributed by atoms with van der Waals surface area (Å²) in [7, 11) is 1.65. The lowest BCUT2D eigenvalue weighted by Gasteiger charge is -2.37. The summed E-state index contributed by atoms with van der Waals surface area (Å²) >= 11 is 0. The zero-order valence-corrected chi connectivity index (χ0v) is 14.6. The van der Waals surface area contributed by atoms with E-state index < -0.39 is 0 Å². The molecular formula is C18H28N2O3. The summed E-state index contributed by atoms with van der Waals surface area (Å²) in [6.45, 7) is 8.89. The number of piperidine rings is 1. The molecule has 0 spiro atoms. The van der Waals surface area contributed by atoms with Gasteiger partial charge in [-0.05, 0) is 37.0 Å². The topological polar surface area (TPSA) is 50.8 Å². The van der Waals surface area contributed by atoms with E-state index in [4.69, 9.17) is 9.47 Å². The van der Waals surface area contributed by atoms with Gasteiger partial charge in [0.25, 0.3) is 0 Å². The van der Waals surface area contributed by atoms with Crippen LogP contribution in [0.15, 0.2) is 18.2 Å². The summed E-state index contributed by atoms with van der Waals surface area (Å²) in [6.07, 6.45) is 0.995. The van der Waals surface area contributed by atoms with Gasteiger partial charge in [0.1, 0.15) is 0 Å². The Bertz CT molecular complexity index is 533. The van der Waals surface area contributed by atoms with Crippen molar-refractivity contribution in [2.24, 2.45) is 5.92 Å². The van der Waals surface area contributed by atoms with Crippen LogP contribution < -0.4 is 14.8 Å². The number of nitrogens with zero attached hydrogens (tertiary/aromatic N) is 1. The smallest absolute Gasteiger partial charge is 0.219 e. The fraction of sp³-hybridized carbons (Fsp3) is 0.611. The van der Waals surface area contributed by atoms with Gasteiger partial charge in [0.2, 0.25) is 5.91 Å². The molecule has 1 N–H and O–H groups in total. The molecule has 128 valence electrons. The van der Waals surface area contributed by atoms with Crippen molar-refractivity contribution >= 4 is 5.91 Å². The van der Waals surface area contributed by atoms with Crippen molar-refractivity contribution in [1.29, 1.82) is 0 Å². The van der Waals surface area contributed by atoms with E-state index in [2.05, 4.69) is 18.3 Å². The van der Waals surface area contributed by atoms with Gasteiger partial charge in [-0.3, -0.25) is 4.79 Å². The van der Waals surface area contributed by atoms with Gasteiger partial charge in [-0.15, -0.1) is 0 Å². The van der Waals surface area contributed by atoms with Gasteiger partial charge in [-0.2, -0.15) is 0 Å². The van der Waals surface area contributed by atoms with Crippen LogP contribution in [-0.4, -0.2) is 43.7 Å². The van der Waals surface area contributed by atoms with E-state index in [0.717, 1.165) is 37.6 Å². The first-order chi connectivity index (χ1) is 11.0. The van der Waals surface area contributed by atoms with Crippen LogP contribution in [-0.2, 0) is 11.3 Å². The predicted octanol–water partition coefficient (Wildman–Crippen LogP) is 2.44. The number of ether oxygens (including phenoxy) is 2. The maximum atomic E-state index is 11.5. The Morgan fingerprint density at radius 1 is 1.39 bits per heavy atom. The summed E-state index contributed by atoms with van der Waals surface area (Å²) in [6, 6.07) is 6.47. The highest BCUT2D eigenvalue weighted by Crippen LogP contribution is 2.28. The molecule has 1 amide bonds. The van der Waals surface area contributed by atoms with Crippen molar-refractivity contribution < 1.29 is 14.3 Å². The first-order valence-corrected chi connectivity index (χ1v) is 8.33. The molecule has 0 saturated carbocycles. The molecular weight excluding hydrogens is 292 g/mol. The van der Waals surface area contributed by atoms with Crippen LogP contribution in [0.5, 0.6) is 11.5 Å². The normalized spacial score (nSPS) is 21.1. The summed E-state index contributed by atoms with van der Waals surface area (Å²) < 4.78 is 10.9. The summed E-state index contributed by atoms with van der Waals surface area (Å²) in [5.41, 5.74) is 1.18. The highest BCUT2D eigenvalue weighted by Gasteiger charge is 2.26. The van der Waals surface area contributed by atoms with E-state index in [1.807, 2.05) is 24.0 Å². The Morgan fingerprint density at radius 2 is 2.17 bits per heavy atom. The van der Waals surface area contributed by atoms with Gasteiger partial charge >= 0.3 is 0 Å². The highest BCUT2D eigenvalue weighted by molar-refractivity contribution is 5.73. The van der Waals surface area contributed by atoms with Crippen molar-refractivity contribution in [3.05, 3.63) is 23.8 Å². The van der Waals surface area contributed by atoms with Gasteiger partial charge in [0, 0.05) is 32.6 Å². The van der Waals surface area contributed by atoms with Crippen molar-refractivity contribution in [2.45, 2.75) is 39.8 Å². The van der Waals surface area contributed by atoms with Crippen LogP contribution in [0.3, 0.4) is 0 Å². The van der Waals surface area contributed by atoms with Crippen LogP contribution in [0.1, 0.15) is 32.8 Å². The molecule has 0 aromatic heterocycles. The summed E-state index contributed by atoms with van der Waals surface area (Å²) in [5, 5.41) is 3.62. The van der Waals surface area contributed by atoms with Gasteiger partial charge in [0.05, 0.1) is 13.7 Å². The number of rotatable bonds is 6. The molecule has 2 rings (SSSR count). The largest absolute Gasteiger partial charge is 0.493 e. The number of hydrogen-bond acceptors (Lipinski definition) is 4. The van der Waals surface area contributed by atoms with Crippen molar-refractivity contribution in [3.63, 3.8) is 0 Å². The summed E-state index contributed by atoms with van der Waals surface area (Å²) in [5.74, 6) is 2.18. The van der Waals surface area contributed by atoms with Crippen LogP contribution in [0.2, 0.25) is 0 Å². The Morgan fingerprint density at radius 3 is 2.78 bits per heavy atom. The molecule has 1 heterocycles. The van der Waals surface area contributed by atoms with Crippen LogP contribution >= 0.6 is 0 Å². The Labute approximate surface area is 139 Å². The molecule has 1 fully saturated rings. The number of carbonyl (C=O) groups excluding carboxylic acids is 1. The number of likely N-dealkylation sites (tertiary alicyclic amines) is 1. The number of hydrogen-bond donors (Lipinski definition) is 1. The maximum absolute atomic E-state index is 11.5. The van der Waals surface area contributed by atoms with Crippen molar-refractivity contribution in [1.82, 2.24) is 10.2 Å². The van der Waals surface area contributed by atoms with E-state index >= 15 is 0 Å². The van der Waals surface area contributed by atoms with Gasteiger partial charge < -0.3 is 19.7 Å². The fourth-order valence-electron chi connectivity index (χ4n) is 3.08. The second kappa shape index (κ2) is 8.20. The van der Waals surface area contributed by atoms with Crippen molar-refractivity contribution in [2.75, 3.05) is 26.8 Å². The number of methoxy groups -OCH3 is 1. The monoisotopic (exact) mass is 320 g/mol. The number of amides is 1. The minimum atomic E-state index is 0.173. The SMILES string of the molecule is CCOc1cc(CN[C@H]2CCN(C(C)=O)C[C@@H]2C)ccc1OC. The molecule has 0 aliphatic carbocycles. The fourth-order valence-corrected chi connectivity index (χ4v) is 3.08. The molecule has 0 bridgehead atoms. The number of nitrogens with one attached hydrogen (secondary N) is 1. The Balaban J connectivity index is 1.93. The molecule has 5 heteroatoms. The maximum Gasteiger partial charge on any atom is 0.219 e. The van der Waals surface area contributed by atoms with Crippen LogP contribution in [0, 0.1) is 5.92 Å². The van der Waals surface area contributed by atoms with Crippen LogP contribution in [0.25, 0.3) is 0 Å². The zero-order valence-electron chi connectivity index (χ0n) is 14.6. The molecule has 1 aromatic carbocycles. The standard InChI is InChI=1S/C18H28N2O3/c1-5-23-18-10-15(6-7-17(18)22-4)11-19-16-8-9-20(14(3)21)12-13(16)2/h6-7,10,13,16,19H,5,8-9,11-12H2,1-4H3/t13-,16-/m0/s1. The zero-order chi connectivity index (χ0) is 16.8. The minimum Gasteiger partial charge on any atom is -0.493 e. The van der Waals surface area contributed by atoms with E-state index in [1.54, 1.807) is 14.0 Å². The van der Waals surface area contributed by atoms with Crippen molar-refractivity contribution in [3.8, 4) is 11.5 Å². The summed E-state index contributed by atoms with van der Waals surface area (Å²) in [4.78, 5) is 13.4. The van der Waals surface area contributed by atoms with E-state index in [1.165, 1.54) is 5.56 Å². The predicted molar refractivity (Wildman–Crippen MR) is 90.8 cm³/mol. The van der Waals surface area contributed by atoms with Gasteiger partial charge in [0.15, 0.2) is 11.5 Å². The number of carbonyl (C=O) groups is 1. The Hall–Kier alpha value is -1.75. The molecule has 1 aliphatic rings. The van der Waals surface area contributed by atoms with Gasteiger partial charge in [-0.1, -0.05) is 13.0 Å². The number of benzene rings is 1. The molecule has 1 aromatic rings. The average Bonchev–Trinajstić information content (AvgIpc) is 2.54. The van der Waals surface area contributed by atoms with Gasteiger partial charge in [-0.25, -0.2) is 0 Å². The first-order valence-electron chi connectivity index (χ1n) is 8.33. The van der Waals surface area contributed by atoms with E-state index in [9.17, 15) is 4.79 Å². The molecule has 23 heavy (non-hydrogen) atoms.